The summed E-state index contributed by atoms with van der Waals surface area (Å²) in [5.41, 5.74) is 1.86. The van der Waals surface area contributed by atoms with Gasteiger partial charge in [0.1, 0.15) is 49.8 Å². The van der Waals surface area contributed by atoms with Gasteiger partial charge in [-0.15, -0.1) is 46.2 Å². The average molecular weight is 511 g/mol. The van der Waals surface area contributed by atoms with Crippen LogP contribution in [0.25, 0.3) is 20.9 Å². The molecular formula is C22H22O6S4. The molecule has 2 aliphatic rings. The molecule has 6 nitrogen and oxygen atoms in total. The van der Waals surface area contributed by atoms with Gasteiger partial charge in [0.25, 0.3) is 0 Å². The average Bonchev–Trinajstić information content (AvgIpc) is 3.46. The van der Waals surface area contributed by atoms with Gasteiger partial charge in [-0.3, -0.25) is 0 Å². The van der Waals surface area contributed by atoms with E-state index >= 15 is 0 Å². The van der Waals surface area contributed by atoms with Crippen LogP contribution in [0.2, 0.25) is 0 Å². The molecule has 1 aromatic carbocycles. The number of hydrogen-bond acceptors (Lipinski definition) is 10. The summed E-state index contributed by atoms with van der Waals surface area (Å²) < 4.78 is 35.8. The summed E-state index contributed by atoms with van der Waals surface area (Å²) in [6.45, 7) is 2.19. The number of ether oxygens (including phenoxy) is 6. The van der Waals surface area contributed by atoms with E-state index in [1.807, 2.05) is 35.4 Å². The van der Waals surface area contributed by atoms with Crippen molar-refractivity contribution in [3.05, 3.63) is 22.9 Å². The maximum absolute atomic E-state index is 6.19. The number of thioether (sulfide) groups is 2. The first-order valence-electron chi connectivity index (χ1n) is 9.96. The first kappa shape index (κ1) is 21.9. The lowest BCUT2D eigenvalue weighted by molar-refractivity contribution is 0.174. The fraction of sp³-hybridized carbons (Fsp3) is 0.364. The van der Waals surface area contributed by atoms with Gasteiger partial charge in [-0.25, -0.2) is 0 Å². The van der Waals surface area contributed by atoms with Crippen LogP contribution in [0.4, 0.5) is 0 Å². The molecule has 0 spiro atoms. The lowest BCUT2D eigenvalue weighted by Crippen LogP contribution is -2.14. The lowest BCUT2D eigenvalue weighted by Gasteiger charge is -2.20. The maximum atomic E-state index is 6.19. The Morgan fingerprint density at radius 2 is 1.16 bits per heavy atom. The van der Waals surface area contributed by atoms with Crippen LogP contribution in [0.15, 0.2) is 22.9 Å². The predicted molar refractivity (Wildman–Crippen MR) is 133 cm³/mol. The highest BCUT2D eigenvalue weighted by Gasteiger charge is 2.27. The summed E-state index contributed by atoms with van der Waals surface area (Å²) in [4.78, 5) is 1.95. The van der Waals surface area contributed by atoms with Crippen molar-refractivity contribution in [1.29, 1.82) is 0 Å². The summed E-state index contributed by atoms with van der Waals surface area (Å²) >= 11 is 6.42. The summed E-state index contributed by atoms with van der Waals surface area (Å²) in [5, 5.41) is 3.97. The third kappa shape index (κ3) is 4.21. The van der Waals surface area contributed by atoms with Crippen LogP contribution in [-0.2, 0) is 0 Å². The van der Waals surface area contributed by atoms with E-state index in [1.165, 1.54) is 0 Å². The van der Waals surface area contributed by atoms with Crippen LogP contribution in [0, 0.1) is 0 Å². The lowest BCUT2D eigenvalue weighted by atomic mass is 10.0. The van der Waals surface area contributed by atoms with E-state index in [0.717, 1.165) is 55.4 Å². The predicted octanol–water partition coefficient (Wildman–Crippen LogP) is 6.08. The van der Waals surface area contributed by atoms with Gasteiger partial charge in [0.15, 0.2) is 23.0 Å². The minimum Gasteiger partial charge on any atom is -0.485 e. The molecule has 0 radical (unpaired) electrons. The van der Waals surface area contributed by atoms with Crippen LogP contribution in [-0.4, -0.2) is 50.8 Å². The van der Waals surface area contributed by atoms with E-state index < -0.39 is 0 Å². The van der Waals surface area contributed by atoms with Crippen molar-refractivity contribution in [3.8, 4) is 55.4 Å². The largest absolute Gasteiger partial charge is 0.485 e. The Hall–Kier alpha value is -1.88. The monoisotopic (exact) mass is 510 g/mol. The van der Waals surface area contributed by atoms with Gasteiger partial charge in [-0.05, 0) is 24.6 Å². The Morgan fingerprint density at radius 1 is 0.719 bits per heavy atom. The molecule has 0 N–H and O–H groups in total. The highest BCUT2D eigenvalue weighted by molar-refractivity contribution is 7.98. The summed E-state index contributed by atoms with van der Waals surface area (Å²) in [7, 11) is 0. The molecule has 0 unspecified atom stereocenters. The molecular weight excluding hydrogens is 489 g/mol. The molecule has 0 bridgehead atoms. The Kier molecular flexibility index (Phi) is 6.82. The van der Waals surface area contributed by atoms with E-state index in [1.54, 1.807) is 46.2 Å². The zero-order chi connectivity index (χ0) is 21.9. The van der Waals surface area contributed by atoms with E-state index in [0.29, 0.717) is 38.3 Å². The molecule has 5 rings (SSSR count). The smallest absolute Gasteiger partial charge is 0.180 e. The van der Waals surface area contributed by atoms with Gasteiger partial charge in [-0.2, -0.15) is 0 Å². The molecule has 4 heterocycles. The van der Waals surface area contributed by atoms with Gasteiger partial charge >= 0.3 is 0 Å². The Balaban J connectivity index is 1.66. The standard InChI is InChI=1S/C22H22O6S4/c1-29-11-27-15-7-14(22-20-18(10-32-22)24-4-6-26-20)16(28-12-30-2)8-13(15)21-19-17(9-31-21)23-3-5-25-19/h7-10H,3-6,11-12H2,1-2H3. The molecule has 0 amide bonds. The van der Waals surface area contributed by atoms with Crippen LogP contribution in [0.5, 0.6) is 34.5 Å². The third-order valence-electron chi connectivity index (χ3n) is 4.84. The van der Waals surface area contributed by atoms with Gasteiger partial charge in [0.05, 0.1) is 9.75 Å². The van der Waals surface area contributed by atoms with Crippen LogP contribution >= 0.6 is 46.2 Å². The normalized spacial score (nSPS) is 14.3. The zero-order valence-electron chi connectivity index (χ0n) is 17.6. The van der Waals surface area contributed by atoms with Crippen molar-refractivity contribution in [1.82, 2.24) is 0 Å². The minimum absolute atomic E-state index is 0.532. The van der Waals surface area contributed by atoms with Gasteiger partial charge in [-0.1, -0.05) is 0 Å². The highest BCUT2D eigenvalue weighted by atomic mass is 32.2. The van der Waals surface area contributed by atoms with Crippen molar-refractivity contribution in [2.45, 2.75) is 0 Å². The second kappa shape index (κ2) is 9.94. The van der Waals surface area contributed by atoms with Gasteiger partial charge in [0, 0.05) is 21.9 Å². The molecule has 0 fully saturated rings. The van der Waals surface area contributed by atoms with Gasteiger partial charge in [0.2, 0.25) is 0 Å². The highest BCUT2D eigenvalue weighted by Crippen LogP contribution is 2.54. The number of benzene rings is 1. The topological polar surface area (TPSA) is 55.4 Å². The van der Waals surface area contributed by atoms with Crippen LogP contribution in [0.3, 0.4) is 0 Å². The van der Waals surface area contributed by atoms with Crippen molar-refractivity contribution in [2.75, 3.05) is 50.8 Å². The third-order valence-corrected chi connectivity index (χ3v) is 7.49. The zero-order valence-corrected chi connectivity index (χ0v) is 20.9. The molecule has 0 atom stereocenters. The van der Waals surface area contributed by atoms with Crippen molar-refractivity contribution >= 4 is 46.2 Å². The number of fused-ring (bicyclic) bond motifs is 2. The van der Waals surface area contributed by atoms with Crippen molar-refractivity contribution in [2.24, 2.45) is 0 Å². The number of rotatable bonds is 8. The van der Waals surface area contributed by atoms with Gasteiger partial charge < -0.3 is 28.4 Å². The van der Waals surface area contributed by atoms with E-state index in [-0.39, 0.29) is 0 Å². The van der Waals surface area contributed by atoms with Crippen molar-refractivity contribution < 1.29 is 28.4 Å². The Labute approximate surface area is 203 Å². The Bertz CT molecular complexity index is 1010. The first-order valence-corrected chi connectivity index (χ1v) is 14.5. The molecule has 10 heteroatoms. The van der Waals surface area contributed by atoms with E-state index in [4.69, 9.17) is 28.4 Å². The van der Waals surface area contributed by atoms with E-state index in [9.17, 15) is 0 Å². The molecule has 0 saturated carbocycles. The summed E-state index contributed by atoms with van der Waals surface area (Å²) in [5.74, 6) is 5.69. The molecule has 0 aliphatic carbocycles. The second-order valence-corrected chi connectivity index (χ2v) is 10.2. The van der Waals surface area contributed by atoms with Crippen LogP contribution in [0.1, 0.15) is 0 Å². The Morgan fingerprint density at radius 3 is 1.59 bits per heavy atom. The number of hydrogen-bond donors (Lipinski definition) is 0. The quantitative estimate of drug-likeness (QED) is 0.338. The van der Waals surface area contributed by atoms with E-state index in [2.05, 4.69) is 0 Å². The molecule has 3 aromatic rings. The summed E-state index contributed by atoms with van der Waals surface area (Å²) in [6, 6.07) is 4.09. The SMILES string of the molecule is CSCOc1cc(-c2scc3c2OCCO3)c(OCSC)cc1-c1scc2c1OCCO2. The fourth-order valence-electron chi connectivity index (χ4n) is 3.50. The molecule has 32 heavy (non-hydrogen) atoms. The maximum Gasteiger partial charge on any atom is 0.180 e. The van der Waals surface area contributed by atoms with Crippen LogP contribution < -0.4 is 28.4 Å². The molecule has 2 aromatic heterocycles. The second-order valence-electron chi connectivity index (χ2n) is 6.86. The molecule has 0 saturated heterocycles. The summed E-state index contributed by atoms with van der Waals surface area (Å²) in [6.07, 6.45) is 4.03. The molecule has 2 aliphatic heterocycles. The first-order chi connectivity index (χ1) is 15.8. The fourth-order valence-corrected chi connectivity index (χ4v) is 5.89. The minimum atomic E-state index is 0.532. The molecule has 170 valence electrons. The number of thiophene rings is 2. The van der Waals surface area contributed by atoms with Crippen molar-refractivity contribution in [3.63, 3.8) is 0 Å².